The van der Waals surface area contributed by atoms with Crippen LogP contribution in [0.5, 0.6) is 5.75 Å². The molecule has 5 heteroatoms. The molecule has 0 unspecified atom stereocenters. The van der Waals surface area contributed by atoms with E-state index in [-0.39, 0.29) is 0 Å². The van der Waals surface area contributed by atoms with Gasteiger partial charge in [0.2, 0.25) is 0 Å². The first-order valence-corrected chi connectivity index (χ1v) is 10.6. The standard InChI is InChI=1S/C25H26ClN3O/c1-17-5-3-6-18(13-17)16-27-11-4-12-28-25-21-9-7-19(26)14-24(21)29-23-10-8-20(30-2)15-22(23)25/h3,5-10,13-15,27H,4,11-12,16H2,1-2H3,(H,28,29). The van der Waals surface area contributed by atoms with Crippen molar-refractivity contribution < 1.29 is 4.74 Å². The van der Waals surface area contributed by atoms with Crippen molar-refractivity contribution >= 4 is 39.1 Å². The Morgan fingerprint density at radius 1 is 0.933 bits per heavy atom. The van der Waals surface area contributed by atoms with Crippen LogP contribution in [-0.4, -0.2) is 25.2 Å². The van der Waals surface area contributed by atoms with Gasteiger partial charge in [0.25, 0.3) is 0 Å². The van der Waals surface area contributed by atoms with E-state index in [0.29, 0.717) is 5.02 Å². The molecule has 1 aromatic heterocycles. The molecule has 154 valence electrons. The zero-order valence-corrected chi connectivity index (χ0v) is 18.1. The lowest BCUT2D eigenvalue weighted by Crippen LogP contribution is -2.17. The maximum atomic E-state index is 6.20. The Hall–Kier alpha value is -2.82. The summed E-state index contributed by atoms with van der Waals surface area (Å²) in [5.41, 5.74) is 5.50. The minimum Gasteiger partial charge on any atom is -0.497 e. The Morgan fingerprint density at radius 3 is 2.67 bits per heavy atom. The molecule has 0 atom stereocenters. The highest BCUT2D eigenvalue weighted by molar-refractivity contribution is 6.31. The molecule has 1 heterocycles. The molecular weight excluding hydrogens is 394 g/mol. The van der Waals surface area contributed by atoms with Gasteiger partial charge in [0.1, 0.15) is 5.75 Å². The van der Waals surface area contributed by atoms with E-state index in [2.05, 4.69) is 41.8 Å². The average molecular weight is 420 g/mol. The smallest absolute Gasteiger partial charge is 0.119 e. The number of hydrogen-bond donors (Lipinski definition) is 2. The van der Waals surface area contributed by atoms with Crippen LogP contribution in [-0.2, 0) is 6.54 Å². The third-order valence-corrected chi connectivity index (χ3v) is 5.42. The molecule has 0 bridgehead atoms. The molecule has 2 N–H and O–H groups in total. The van der Waals surface area contributed by atoms with E-state index in [1.165, 1.54) is 11.1 Å². The van der Waals surface area contributed by atoms with Crippen molar-refractivity contribution in [3.8, 4) is 5.75 Å². The number of aryl methyl sites for hydroxylation is 1. The second-order valence-electron chi connectivity index (χ2n) is 7.48. The van der Waals surface area contributed by atoms with Gasteiger partial charge in [-0.2, -0.15) is 0 Å². The van der Waals surface area contributed by atoms with Crippen LogP contribution in [0.25, 0.3) is 21.8 Å². The molecule has 0 aliphatic rings. The van der Waals surface area contributed by atoms with E-state index in [1.54, 1.807) is 7.11 Å². The van der Waals surface area contributed by atoms with Crippen molar-refractivity contribution in [2.45, 2.75) is 19.9 Å². The fourth-order valence-electron chi connectivity index (χ4n) is 3.70. The van der Waals surface area contributed by atoms with Gasteiger partial charge in [-0.1, -0.05) is 41.4 Å². The van der Waals surface area contributed by atoms with Crippen molar-refractivity contribution in [1.29, 1.82) is 0 Å². The fraction of sp³-hybridized carbons (Fsp3) is 0.240. The van der Waals surface area contributed by atoms with Crippen molar-refractivity contribution in [1.82, 2.24) is 10.3 Å². The van der Waals surface area contributed by atoms with Crippen molar-refractivity contribution in [2.75, 3.05) is 25.5 Å². The number of halogens is 1. The molecule has 0 radical (unpaired) electrons. The lowest BCUT2D eigenvalue weighted by Gasteiger charge is -2.14. The predicted octanol–water partition coefficient (Wildman–Crippen LogP) is 5.95. The second-order valence-corrected chi connectivity index (χ2v) is 7.91. The Morgan fingerprint density at radius 2 is 1.83 bits per heavy atom. The Balaban J connectivity index is 1.47. The number of aromatic nitrogens is 1. The SMILES string of the molecule is COc1ccc2nc3cc(Cl)ccc3c(NCCCNCc3cccc(C)c3)c2c1. The van der Waals surface area contributed by atoms with Crippen LogP contribution < -0.4 is 15.4 Å². The van der Waals surface area contributed by atoms with Gasteiger partial charge in [-0.05, 0) is 61.9 Å². The minimum atomic E-state index is 0.689. The first-order chi connectivity index (χ1) is 14.6. The first kappa shape index (κ1) is 20.5. The number of nitrogens with one attached hydrogen (secondary N) is 2. The zero-order valence-electron chi connectivity index (χ0n) is 17.3. The quantitative estimate of drug-likeness (QED) is 0.273. The number of anilines is 1. The third kappa shape index (κ3) is 4.66. The first-order valence-electron chi connectivity index (χ1n) is 10.2. The Kier molecular flexibility index (Phi) is 6.36. The van der Waals surface area contributed by atoms with Crippen LogP contribution in [0.4, 0.5) is 5.69 Å². The summed E-state index contributed by atoms with van der Waals surface area (Å²) in [5.74, 6) is 0.820. The van der Waals surface area contributed by atoms with E-state index in [1.807, 2.05) is 36.4 Å². The number of methoxy groups -OCH3 is 1. The molecule has 0 aliphatic carbocycles. The van der Waals surface area contributed by atoms with E-state index in [0.717, 1.165) is 59.3 Å². The molecule has 0 saturated carbocycles. The summed E-state index contributed by atoms with van der Waals surface area (Å²) in [5, 5.41) is 9.96. The number of pyridine rings is 1. The van der Waals surface area contributed by atoms with Crippen LogP contribution in [0.3, 0.4) is 0 Å². The van der Waals surface area contributed by atoms with Gasteiger partial charge >= 0.3 is 0 Å². The molecule has 4 aromatic rings. The van der Waals surface area contributed by atoms with Gasteiger partial charge in [0.05, 0.1) is 23.8 Å². The highest BCUT2D eigenvalue weighted by Crippen LogP contribution is 2.34. The van der Waals surface area contributed by atoms with Gasteiger partial charge < -0.3 is 15.4 Å². The van der Waals surface area contributed by atoms with Crippen LogP contribution in [0, 0.1) is 6.92 Å². The number of hydrogen-bond acceptors (Lipinski definition) is 4. The molecule has 30 heavy (non-hydrogen) atoms. The van der Waals surface area contributed by atoms with E-state index in [9.17, 15) is 0 Å². The average Bonchev–Trinajstić information content (AvgIpc) is 2.75. The summed E-state index contributed by atoms with van der Waals surface area (Å²) in [7, 11) is 1.68. The maximum absolute atomic E-state index is 6.20. The lowest BCUT2D eigenvalue weighted by molar-refractivity contribution is 0.415. The van der Waals surface area contributed by atoms with Gasteiger partial charge in [-0.15, -0.1) is 0 Å². The fourth-order valence-corrected chi connectivity index (χ4v) is 3.86. The van der Waals surface area contributed by atoms with Gasteiger partial charge in [0.15, 0.2) is 0 Å². The van der Waals surface area contributed by atoms with Gasteiger partial charge in [-0.25, -0.2) is 4.98 Å². The number of fused-ring (bicyclic) bond motifs is 2. The number of ether oxygens (including phenoxy) is 1. The van der Waals surface area contributed by atoms with Crippen molar-refractivity contribution in [2.24, 2.45) is 0 Å². The van der Waals surface area contributed by atoms with E-state index >= 15 is 0 Å². The largest absolute Gasteiger partial charge is 0.497 e. The molecule has 0 spiro atoms. The molecule has 0 saturated heterocycles. The van der Waals surface area contributed by atoms with Gasteiger partial charge in [-0.3, -0.25) is 0 Å². The normalized spacial score (nSPS) is 11.2. The predicted molar refractivity (Wildman–Crippen MR) is 127 cm³/mol. The molecule has 4 nitrogen and oxygen atoms in total. The summed E-state index contributed by atoms with van der Waals surface area (Å²) >= 11 is 6.20. The summed E-state index contributed by atoms with van der Waals surface area (Å²) in [6.45, 7) is 4.81. The molecule has 0 aliphatic heterocycles. The summed E-state index contributed by atoms with van der Waals surface area (Å²) in [4.78, 5) is 4.78. The summed E-state index contributed by atoms with van der Waals surface area (Å²) in [6, 6.07) is 20.4. The van der Waals surface area contributed by atoms with Crippen LogP contribution in [0.2, 0.25) is 5.02 Å². The summed E-state index contributed by atoms with van der Waals surface area (Å²) < 4.78 is 5.43. The lowest BCUT2D eigenvalue weighted by atomic mass is 10.1. The third-order valence-electron chi connectivity index (χ3n) is 5.19. The number of nitrogens with zero attached hydrogens (tertiary/aromatic N) is 1. The second kappa shape index (κ2) is 9.33. The molecule has 0 fully saturated rings. The number of benzene rings is 3. The Labute approximate surface area is 182 Å². The minimum absolute atomic E-state index is 0.689. The highest BCUT2D eigenvalue weighted by atomic mass is 35.5. The monoisotopic (exact) mass is 419 g/mol. The van der Waals surface area contributed by atoms with Crippen molar-refractivity contribution in [3.63, 3.8) is 0 Å². The molecular formula is C25H26ClN3O. The van der Waals surface area contributed by atoms with Gasteiger partial charge in [0, 0.05) is 28.9 Å². The topological polar surface area (TPSA) is 46.2 Å². The van der Waals surface area contributed by atoms with E-state index < -0.39 is 0 Å². The Bertz CT molecular complexity index is 1180. The summed E-state index contributed by atoms with van der Waals surface area (Å²) in [6.07, 6.45) is 1.01. The maximum Gasteiger partial charge on any atom is 0.119 e. The molecule has 3 aromatic carbocycles. The zero-order chi connectivity index (χ0) is 20.9. The van der Waals surface area contributed by atoms with Crippen LogP contribution in [0.15, 0.2) is 60.7 Å². The highest BCUT2D eigenvalue weighted by Gasteiger charge is 2.10. The molecule has 0 amide bonds. The van der Waals surface area contributed by atoms with E-state index in [4.69, 9.17) is 21.3 Å². The van der Waals surface area contributed by atoms with Crippen LogP contribution >= 0.6 is 11.6 Å². The van der Waals surface area contributed by atoms with Crippen LogP contribution in [0.1, 0.15) is 17.5 Å². The van der Waals surface area contributed by atoms with Crippen molar-refractivity contribution in [3.05, 3.63) is 76.8 Å². The molecule has 4 rings (SSSR count). The number of rotatable bonds is 8.